The average molecular weight is 512 g/mol. The van der Waals surface area contributed by atoms with Gasteiger partial charge in [-0.15, -0.1) is 0 Å². The second-order valence-corrected chi connectivity index (χ2v) is 9.81. The monoisotopic (exact) mass is 511 g/mol. The number of alkyl carbamates (subject to hydrolysis) is 1. The van der Waals surface area contributed by atoms with Crippen LogP contribution in [-0.2, 0) is 28.7 Å². The van der Waals surface area contributed by atoms with E-state index >= 15 is 0 Å². The van der Waals surface area contributed by atoms with Crippen molar-refractivity contribution in [3.8, 4) is 0 Å². The minimum Gasteiger partial charge on any atom is -0.450 e. The fraction of sp³-hybridized carbons (Fsp3) is 0.792. The summed E-state index contributed by atoms with van der Waals surface area (Å²) < 4.78 is 10.5. The largest absolute Gasteiger partial charge is 0.450 e. The summed E-state index contributed by atoms with van der Waals surface area (Å²) in [6.07, 6.45) is 1.24. The van der Waals surface area contributed by atoms with Crippen LogP contribution < -0.4 is 16.8 Å². The molecule has 2 aliphatic rings. The Kier molecular flexibility index (Phi) is 11.9. The summed E-state index contributed by atoms with van der Waals surface area (Å²) in [6.45, 7) is 5.83. The van der Waals surface area contributed by atoms with E-state index in [0.29, 0.717) is 58.5 Å². The molecule has 0 saturated carbocycles. The molecule has 0 radical (unpaired) electrons. The first-order chi connectivity index (χ1) is 17.1. The van der Waals surface area contributed by atoms with Gasteiger partial charge in [-0.3, -0.25) is 19.2 Å². The smallest absolute Gasteiger partial charge is 0.407 e. The molecule has 2 rings (SSSR count). The number of nitrogens with one attached hydrogen (secondary N) is 1. The molecule has 0 bridgehead atoms. The molecule has 0 spiro atoms. The van der Waals surface area contributed by atoms with E-state index in [1.807, 2.05) is 13.8 Å². The quantitative estimate of drug-likeness (QED) is 0.454. The highest BCUT2D eigenvalue weighted by Crippen LogP contribution is 2.24. The van der Waals surface area contributed by atoms with Crippen LogP contribution in [-0.4, -0.2) is 91.1 Å². The van der Waals surface area contributed by atoms with Gasteiger partial charge in [-0.1, -0.05) is 13.8 Å². The summed E-state index contributed by atoms with van der Waals surface area (Å²) in [6, 6.07) is -1.96. The van der Waals surface area contributed by atoms with E-state index in [-0.39, 0.29) is 37.7 Å². The second-order valence-electron chi connectivity index (χ2n) is 9.81. The average Bonchev–Trinajstić information content (AvgIpc) is 2.83. The molecule has 0 aliphatic carbocycles. The Morgan fingerprint density at radius 2 is 1.69 bits per heavy atom. The topological polar surface area (TPSA) is 174 Å². The van der Waals surface area contributed by atoms with Gasteiger partial charge in [0, 0.05) is 32.0 Å². The third kappa shape index (κ3) is 8.96. The number of amides is 5. The van der Waals surface area contributed by atoms with Crippen molar-refractivity contribution in [2.24, 2.45) is 23.3 Å². The third-order valence-electron chi connectivity index (χ3n) is 6.52. The zero-order valence-electron chi connectivity index (χ0n) is 21.4. The van der Waals surface area contributed by atoms with Crippen molar-refractivity contribution >= 4 is 29.7 Å². The van der Waals surface area contributed by atoms with Crippen LogP contribution in [0.25, 0.3) is 0 Å². The first-order valence-electron chi connectivity index (χ1n) is 12.8. The fourth-order valence-electron chi connectivity index (χ4n) is 4.62. The van der Waals surface area contributed by atoms with Crippen LogP contribution in [0, 0.1) is 11.8 Å². The summed E-state index contributed by atoms with van der Waals surface area (Å²) in [5.41, 5.74) is 11.4. The molecular formula is C24H41N5O7. The lowest BCUT2D eigenvalue weighted by molar-refractivity contribution is -0.154. The molecule has 0 aromatic carbocycles. The summed E-state index contributed by atoms with van der Waals surface area (Å²) in [5.74, 6) is -2.98. The highest BCUT2D eigenvalue weighted by Gasteiger charge is 2.40. The van der Waals surface area contributed by atoms with Crippen LogP contribution in [0.2, 0.25) is 0 Å². The number of carbonyl (C=O) groups excluding carboxylic acids is 5. The standard InChI is InChI=1S/C24H41N5O7/c1-16(2)14-19(23(33)28-9-12-35-13-10-28)29-18(22(26)32)7-3-4-8-27-24(34)36-11-5-6-17(21(25)31)15-20(29)30/h16-19H,3-15H2,1-2H3,(H2,25,31)(H2,26,32)(H,27,34). The Morgan fingerprint density at radius 1 is 1.00 bits per heavy atom. The highest BCUT2D eigenvalue weighted by atomic mass is 16.5. The Morgan fingerprint density at radius 3 is 2.31 bits per heavy atom. The number of ether oxygens (including phenoxy) is 2. The molecule has 2 fully saturated rings. The van der Waals surface area contributed by atoms with E-state index in [1.165, 1.54) is 4.90 Å². The molecule has 3 atom stereocenters. The molecule has 204 valence electrons. The number of nitrogens with zero attached hydrogens (tertiary/aromatic N) is 2. The molecule has 12 nitrogen and oxygen atoms in total. The van der Waals surface area contributed by atoms with Crippen LogP contribution in [0.15, 0.2) is 0 Å². The van der Waals surface area contributed by atoms with Crippen LogP contribution in [0.4, 0.5) is 4.79 Å². The summed E-state index contributed by atoms with van der Waals surface area (Å²) in [4.78, 5) is 67.1. The molecule has 12 heteroatoms. The maximum absolute atomic E-state index is 13.8. The van der Waals surface area contributed by atoms with E-state index in [9.17, 15) is 24.0 Å². The van der Waals surface area contributed by atoms with Crippen molar-refractivity contribution in [2.75, 3.05) is 39.5 Å². The Hall–Kier alpha value is -2.89. The van der Waals surface area contributed by atoms with Crippen molar-refractivity contribution in [1.29, 1.82) is 0 Å². The molecule has 36 heavy (non-hydrogen) atoms. The molecule has 2 saturated heterocycles. The molecule has 5 N–H and O–H groups in total. The number of carbonyl (C=O) groups is 5. The molecule has 5 amide bonds. The Balaban J connectivity index is 2.44. The number of morpholine rings is 1. The fourth-order valence-corrected chi connectivity index (χ4v) is 4.62. The number of rotatable bonds is 6. The van der Waals surface area contributed by atoms with Crippen LogP contribution in [0.3, 0.4) is 0 Å². The van der Waals surface area contributed by atoms with Crippen molar-refractivity contribution in [1.82, 2.24) is 15.1 Å². The predicted molar refractivity (Wildman–Crippen MR) is 130 cm³/mol. The number of hydrogen-bond donors (Lipinski definition) is 3. The maximum Gasteiger partial charge on any atom is 0.407 e. The number of hydrogen-bond acceptors (Lipinski definition) is 7. The Labute approximate surface area is 212 Å². The first kappa shape index (κ1) is 29.3. The molecule has 0 aromatic heterocycles. The maximum atomic E-state index is 13.8. The van der Waals surface area contributed by atoms with E-state index in [4.69, 9.17) is 20.9 Å². The van der Waals surface area contributed by atoms with Gasteiger partial charge in [0.25, 0.3) is 0 Å². The van der Waals surface area contributed by atoms with Gasteiger partial charge in [0.05, 0.1) is 19.8 Å². The SMILES string of the molecule is CC(C)CC(C(=O)N1CCOCC1)N1C(=O)CC(C(N)=O)CCCOC(=O)NCCCCC1C(N)=O. The lowest BCUT2D eigenvalue weighted by Crippen LogP contribution is -2.59. The summed E-state index contributed by atoms with van der Waals surface area (Å²) in [5, 5.41) is 2.64. The van der Waals surface area contributed by atoms with E-state index in [2.05, 4.69) is 5.32 Å². The van der Waals surface area contributed by atoms with Gasteiger partial charge < -0.3 is 36.1 Å². The van der Waals surface area contributed by atoms with Crippen molar-refractivity contribution in [3.05, 3.63) is 0 Å². The molecule has 3 unspecified atom stereocenters. The number of nitrogens with two attached hydrogens (primary N) is 2. The number of primary amides is 2. The molecule has 2 heterocycles. The summed E-state index contributed by atoms with van der Waals surface area (Å²) >= 11 is 0. The van der Waals surface area contributed by atoms with Gasteiger partial charge in [0.2, 0.25) is 23.6 Å². The zero-order chi connectivity index (χ0) is 26.7. The van der Waals surface area contributed by atoms with Crippen LogP contribution in [0.5, 0.6) is 0 Å². The second kappa shape index (κ2) is 14.6. The minimum atomic E-state index is -1.04. The van der Waals surface area contributed by atoms with Gasteiger partial charge in [-0.25, -0.2) is 4.79 Å². The van der Waals surface area contributed by atoms with Crippen molar-refractivity contribution in [2.45, 2.75) is 70.9 Å². The van der Waals surface area contributed by atoms with E-state index in [1.54, 1.807) is 4.90 Å². The third-order valence-corrected chi connectivity index (χ3v) is 6.52. The normalized spacial score (nSPS) is 24.2. The van der Waals surface area contributed by atoms with E-state index < -0.39 is 41.8 Å². The van der Waals surface area contributed by atoms with Crippen molar-refractivity contribution in [3.63, 3.8) is 0 Å². The zero-order valence-corrected chi connectivity index (χ0v) is 21.4. The lowest BCUT2D eigenvalue weighted by atomic mass is 9.93. The lowest BCUT2D eigenvalue weighted by Gasteiger charge is -2.40. The number of cyclic esters (lactones) is 1. The molecule has 2 aliphatic heterocycles. The van der Waals surface area contributed by atoms with Gasteiger partial charge in [0.15, 0.2) is 0 Å². The van der Waals surface area contributed by atoms with Crippen LogP contribution >= 0.6 is 0 Å². The highest BCUT2D eigenvalue weighted by molar-refractivity contribution is 5.93. The van der Waals surface area contributed by atoms with Gasteiger partial charge in [-0.2, -0.15) is 0 Å². The van der Waals surface area contributed by atoms with Gasteiger partial charge >= 0.3 is 6.09 Å². The predicted octanol–water partition coefficient (Wildman–Crippen LogP) is 0.124. The molecular weight excluding hydrogens is 470 g/mol. The molecule has 0 aromatic rings. The minimum absolute atomic E-state index is 0.0391. The van der Waals surface area contributed by atoms with Gasteiger partial charge in [-0.05, 0) is 44.4 Å². The Bertz CT molecular complexity index is 785. The summed E-state index contributed by atoms with van der Waals surface area (Å²) in [7, 11) is 0. The van der Waals surface area contributed by atoms with Crippen LogP contribution in [0.1, 0.15) is 58.8 Å². The van der Waals surface area contributed by atoms with Crippen molar-refractivity contribution < 1.29 is 33.4 Å². The van der Waals surface area contributed by atoms with Gasteiger partial charge in [0.1, 0.15) is 12.1 Å². The first-order valence-corrected chi connectivity index (χ1v) is 12.8. The van der Waals surface area contributed by atoms with E-state index in [0.717, 1.165) is 0 Å².